The summed E-state index contributed by atoms with van der Waals surface area (Å²) in [7, 11) is 1.64. The predicted octanol–water partition coefficient (Wildman–Crippen LogP) is 2.59. The third-order valence-electron chi connectivity index (χ3n) is 2.92. The summed E-state index contributed by atoms with van der Waals surface area (Å²) in [5.41, 5.74) is 2.87. The van der Waals surface area contributed by atoms with Crippen molar-refractivity contribution in [1.29, 1.82) is 0 Å². The first kappa shape index (κ1) is 15.0. The average Bonchev–Trinajstić information content (AvgIpc) is 2.49. The van der Waals surface area contributed by atoms with Crippen LogP contribution >= 0.6 is 0 Å². The summed E-state index contributed by atoms with van der Waals surface area (Å²) >= 11 is 0. The fraction of sp³-hybridized carbons (Fsp3) is 0.250. The van der Waals surface area contributed by atoms with Gasteiger partial charge in [0, 0.05) is 31.7 Å². The number of benzene rings is 1. The molecule has 0 saturated heterocycles. The number of methoxy groups -OCH3 is 1. The van der Waals surface area contributed by atoms with Crippen LogP contribution in [-0.2, 0) is 17.8 Å². The molecule has 110 valence electrons. The Kier molecular flexibility index (Phi) is 5.72. The van der Waals surface area contributed by atoms with Crippen LogP contribution in [0, 0.1) is 0 Å². The molecule has 0 spiro atoms. The van der Waals surface area contributed by atoms with Crippen molar-refractivity contribution in [3.8, 4) is 0 Å². The van der Waals surface area contributed by atoms with Crippen LogP contribution in [0.4, 0.5) is 10.5 Å². The zero-order valence-corrected chi connectivity index (χ0v) is 12.0. The van der Waals surface area contributed by atoms with Gasteiger partial charge in [-0.2, -0.15) is 0 Å². The lowest BCUT2D eigenvalue weighted by Crippen LogP contribution is -2.30. The smallest absolute Gasteiger partial charge is 0.319 e. The van der Waals surface area contributed by atoms with Crippen LogP contribution in [-0.4, -0.2) is 24.7 Å². The van der Waals surface area contributed by atoms with Crippen molar-refractivity contribution in [2.45, 2.75) is 13.0 Å². The Morgan fingerprint density at radius 1 is 1.24 bits per heavy atom. The standard InChI is InChI=1S/C16H19N3O2/c1-21-12-14-4-2-6-15(10-14)19-16(20)18-9-7-13-5-3-8-17-11-13/h2-6,8,10-11H,7,9,12H2,1H3,(H2,18,19,20). The van der Waals surface area contributed by atoms with E-state index >= 15 is 0 Å². The second kappa shape index (κ2) is 8.01. The van der Waals surface area contributed by atoms with E-state index in [0.717, 1.165) is 23.2 Å². The van der Waals surface area contributed by atoms with Crippen molar-refractivity contribution >= 4 is 11.7 Å². The van der Waals surface area contributed by atoms with Crippen molar-refractivity contribution in [1.82, 2.24) is 10.3 Å². The van der Waals surface area contributed by atoms with Crippen LogP contribution in [0.5, 0.6) is 0 Å². The molecule has 0 aliphatic heterocycles. The third-order valence-corrected chi connectivity index (χ3v) is 2.92. The number of ether oxygens (including phenoxy) is 1. The molecule has 1 heterocycles. The molecule has 2 aromatic rings. The molecule has 21 heavy (non-hydrogen) atoms. The van der Waals surface area contributed by atoms with Gasteiger partial charge in [-0.05, 0) is 35.7 Å². The molecule has 5 nitrogen and oxygen atoms in total. The number of nitrogens with zero attached hydrogens (tertiary/aromatic N) is 1. The highest BCUT2D eigenvalue weighted by Crippen LogP contribution is 2.11. The maximum Gasteiger partial charge on any atom is 0.319 e. The van der Waals surface area contributed by atoms with E-state index in [1.165, 1.54) is 0 Å². The number of hydrogen-bond acceptors (Lipinski definition) is 3. The van der Waals surface area contributed by atoms with Crippen molar-refractivity contribution in [3.05, 3.63) is 59.9 Å². The van der Waals surface area contributed by atoms with Gasteiger partial charge < -0.3 is 15.4 Å². The van der Waals surface area contributed by atoms with Gasteiger partial charge >= 0.3 is 6.03 Å². The number of amides is 2. The Bertz CT molecular complexity index is 573. The quantitative estimate of drug-likeness (QED) is 0.857. The minimum Gasteiger partial charge on any atom is -0.380 e. The van der Waals surface area contributed by atoms with Crippen LogP contribution in [0.1, 0.15) is 11.1 Å². The van der Waals surface area contributed by atoms with E-state index in [1.807, 2.05) is 36.4 Å². The molecule has 5 heteroatoms. The maximum absolute atomic E-state index is 11.8. The molecular formula is C16H19N3O2. The summed E-state index contributed by atoms with van der Waals surface area (Å²) in [5.74, 6) is 0. The van der Waals surface area contributed by atoms with E-state index in [-0.39, 0.29) is 6.03 Å². The van der Waals surface area contributed by atoms with Crippen LogP contribution in [0.15, 0.2) is 48.8 Å². The molecule has 0 fully saturated rings. The van der Waals surface area contributed by atoms with E-state index in [9.17, 15) is 4.79 Å². The second-order valence-corrected chi connectivity index (χ2v) is 4.63. The molecule has 2 rings (SSSR count). The molecule has 0 aliphatic rings. The summed E-state index contributed by atoms with van der Waals surface area (Å²) in [6, 6.07) is 11.2. The summed E-state index contributed by atoms with van der Waals surface area (Å²) in [5, 5.41) is 5.63. The number of nitrogens with one attached hydrogen (secondary N) is 2. The zero-order chi connectivity index (χ0) is 14.9. The third kappa shape index (κ3) is 5.24. The summed E-state index contributed by atoms with van der Waals surface area (Å²) < 4.78 is 5.07. The van der Waals surface area contributed by atoms with Crippen LogP contribution in [0.25, 0.3) is 0 Å². The first-order valence-electron chi connectivity index (χ1n) is 6.79. The van der Waals surface area contributed by atoms with Gasteiger partial charge in [0.2, 0.25) is 0 Å². The molecule has 0 unspecified atom stereocenters. The molecule has 0 bridgehead atoms. The van der Waals surface area contributed by atoms with Gasteiger partial charge in [-0.25, -0.2) is 4.79 Å². The lowest BCUT2D eigenvalue weighted by atomic mass is 10.2. The van der Waals surface area contributed by atoms with Crippen LogP contribution in [0.2, 0.25) is 0 Å². The summed E-state index contributed by atoms with van der Waals surface area (Å²) in [4.78, 5) is 15.8. The Balaban J connectivity index is 1.78. The number of carbonyl (C=O) groups excluding carboxylic acids is 1. The highest BCUT2D eigenvalue weighted by molar-refractivity contribution is 5.89. The lowest BCUT2D eigenvalue weighted by molar-refractivity contribution is 0.185. The highest BCUT2D eigenvalue weighted by Gasteiger charge is 2.02. The number of aromatic nitrogens is 1. The highest BCUT2D eigenvalue weighted by atomic mass is 16.5. The number of anilines is 1. The molecule has 2 N–H and O–H groups in total. The summed E-state index contributed by atoms with van der Waals surface area (Å²) in [6.07, 6.45) is 4.29. The number of carbonyl (C=O) groups is 1. The zero-order valence-electron chi connectivity index (χ0n) is 12.0. The van der Waals surface area contributed by atoms with E-state index in [0.29, 0.717) is 13.2 Å². The minimum absolute atomic E-state index is 0.214. The number of hydrogen-bond donors (Lipinski definition) is 2. The predicted molar refractivity (Wildman–Crippen MR) is 82.1 cm³/mol. The molecule has 2 amide bonds. The molecule has 1 aromatic carbocycles. The normalized spacial score (nSPS) is 10.1. The van der Waals surface area contributed by atoms with Crippen molar-refractivity contribution < 1.29 is 9.53 Å². The van der Waals surface area contributed by atoms with Gasteiger partial charge in [-0.1, -0.05) is 18.2 Å². The molecular weight excluding hydrogens is 266 g/mol. The van der Waals surface area contributed by atoms with Crippen molar-refractivity contribution in [2.24, 2.45) is 0 Å². The van der Waals surface area contributed by atoms with Crippen molar-refractivity contribution in [3.63, 3.8) is 0 Å². The van der Waals surface area contributed by atoms with E-state index in [4.69, 9.17) is 4.74 Å². The lowest BCUT2D eigenvalue weighted by Gasteiger charge is -2.09. The van der Waals surface area contributed by atoms with Gasteiger partial charge in [-0.15, -0.1) is 0 Å². The monoisotopic (exact) mass is 285 g/mol. The largest absolute Gasteiger partial charge is 0.380 e. The van der Waals surface area contributed by atoms with E-state index in [2.05, 4.69) is 15.6 Å². The Hall–Kier alpha value is -2.40. The first-order chi connectivity index (χ1) is 10.3. The fourth-order valence-corrected chi connectivity index (χ4v) is 1.95. The number of urea groups is 1. The molecule has 0 aliphatic carbocycles. The SMILES string of the molecule is COCc1cccc(NC(=O)NCCc2cccnc2)c1. The fourth-order valence-electron chi connectivity index (χ4n) is 1.95. The van der Waals surface area contributed by atoms with Gasteiger partial charge in [0.1, 0.15) is 0 Å². The Morgan fingerprint density at radius 3 is 2.86 bits per heavy atom. The van der Waals surface area contributed by atoms with E-state index in [1.54, 1.807) is 19.5 Å². The summed E-state index contributed by atoms with van der Waals surface area (Å²) in [6.45, 7) is 1.09. The molecule has 0 atom stereocenters. The maximum atomic E-state index is 11.8. The van der Waals surface area contributed by atoms with Gasteiger partial charge in [0.25, 0.3) is 0 Å². The minimum atomic E-state index is -0.214. The van der Waals surface area contributed by atoms with E-state index < -0.39 is 0 Å². The van der Waals surface area contributed by atoms with Gasteiger partial charge in [-0.3, -0.25) is 4.98 Å². The van der Waals surface area contributed by atoms with Gasteiger partial charge in [0.05, 0.1) is 6.61 Å². The molecule has 1 aromatic heterocycles. The Labute approximate surface area is 124 Å². The van der Waals surface area contributed by atoms with Crippen LogP contribution < -0.4 is 10.6 Å². The Morgan fingerprint density at radius 2 is 2.10 bits per heavy atom. The molecule has 0 radical (unpaired) electrons. The molecule has 0 saturated carbocycles. The average molecular weight is 285 g/mol. The van der Waals surface area contributed by atoms with Gasteiger partial charge in [0.15, 0.2) is 0 Å². The topological polar surface area (TPSA) is 63.2 Å². The second-order valence-electron chi connectivity index (χ2n) is 4.63. The number of rotatable bonds is 6. The van der Waals surface area contributed by atoms with Crippen molar-refractivity contribution in [2.75, 3.05) is 19.0 Å². The van der Waals surface area contributed by atoms with Crippen LogP contribution in [0.3, 0.4) is 0 Å². The first-order valence-corrected chi connectivity index (χ1v) is 6.79. The number of pyridine rings is 1.